The lowest BCUT2D eigenvalue weighted by molar-refractivity contribution is -0.122. The Labute approximate surface area is 140 Å². The number of fused-ring (bicyclic) bond motifs is 1. The van der Waals surface area contributed by atoms with Crippen LogP contribution < -0.4 is 10.1 Å². The minimum absolute atomic E-state index is 0.272. The number of amides is 1. The van der Waals surface area contributed by atoms with Crippen LogP contribution in [0.5, 0.6) is 5.75 Å². The highest BCUT2D eigenvalue weighted by Gasteiger charge is 2.17. The van der Waals surface area contributed by atoms with Crippen LogP contribution in [0.4, 0.5) is 5.69 Å². The minimum atomic E-state index is -0.731. The SMILES string of the molecule is C[C@H](Oc1ccc2ccccc2c1C=O)C(=O)Nc1ccccc1. The van der Waals surface area contributed by atoms with E-state index in [-0.39, 0.29) is 5.91 Å². The van der Waals surface area contributed by atoms with E-state index >= 15 is 0 Å². The van der Waals surface area contributed by atoms with E-state index in [9.17, 15) is 9.59 Å². The average molecular weight is 319 g/mol. The summed E-state index contributed by atoms with van der Waals surface area (Å²) in [4.78, 5) is 23.8. The second kappa shape index (κ2) is 6.96. The highest BCUT2D eigenvalue weighted by Crippen LogP contribution is 2.27. The number of para-hydroxylation sites is 1. The van der Waals surface area contributed by atoms with Crippen LogP contribution in [-0.2, 0) is 4.79 Å². The van der Waals surface area contributed by atoms with Gasteiger partial charge in [0.2, 0.25) is 0 Å². The molecule has 24 heavy (non-hydrogen) atoms. The van der Waals surface area contributed by atoms with Crippen molar-refractivity contribution in [2.24, 2.45) is 0 Å². The molecule has 1 amide bonds. The summed E-state index contributed by atoms with van der Waals surface area (Å²) in [5.41, 5.74) is 1.15. The van der Waals surface area contributed by atoms with Crippen LogP contribution in [0.1, 0.15) is 17.3 Å². The lowest BCUT2D eigenvalue weighted by atomic mass is 10.0. The molecule has 3 aromatic rings. The maximum absolute atomic E-state index is 12.3. The van der Waals surface area contributed by atoms with Gasteiger partial charge in [0.1, 0.15) is 5.75 Å². The van der Waals surface area contributed by atoms with E-state index in [4.69, 9.17) is 4.74 Å². The normalized spacial score (nSPS) is 11.7. The first-order valence-corrected chi connectivity index (χ1v) is 7.68. The van der Waals surface area contributed by atoms with Gasteiger partial charge in [0.15, 0.2) is 12.4 Å². The Morgan fingerprint density at radius 3 is 2.46 bits per heavy atom. The summed E-state index contributed by atoms with van der Waals surface area (Å²) >= 11 is 0. The smallest absolute Gasteiger partial charge is 0.265 e. The number of aldehydes is 1. The van der Waals surface area contributed by atoms with Crippen LogP contribution in [0.15, 0.2) is 66.7 Å². The summed E-state index contributed by atoms with van der Waals surface area (Å²) in [6.45, 7) is 1.65. The topological polar surface area (TPSA) is 55.4 Å². The molecule has 0 aliphatic carbocycles. The highest BCUT2D eigenvalue weighted by atomic mass is 16.5. The van der Waals surface area contributed by atoms with Gasteiger partial charge in [-0.05, 0) is 35.9 Å². The summed E-state index contributed by atoms with van der Waals surface area (Å²) < 4.78 is 5.74. The number of ether oxygens (including phenoxy) is 1. The number of hydrogen-bond donors (Lipinski definition) is 1. The Morgan fingerprint density at radius 2 is 1.71 bits per heavy atom. The molecule has 0 aliphatic heterocycles. The predicted octanol–water partition coefficient (Wildman–Crippen LogP) is 4.06. The molecule has 0 radical (unpaired) electrons. The van der Waals surface area contributed by atoms with Crippen molar-refractivity contribution in [1.82, 2.24) is 0 Å². The van der Waals surface area contributed by atoms with Gasteiger partial charge in [0, 0.05) is 5.69 Å². The Kier molecular flexibility index (Phi) is 4.57. The van der Waals surface area contributed by atoms with E-state index in [2.05, 4.69) is 5.32 Å². The fourth-order valence-electron chi connectivity index (χ4n) is 2.51. The highest BCUT2D eigenvalue weighted by molar-refractivity contribution is 6.01. The van der Waals surface area contributed by atoms with Crippen LogP contribution in [0.3, 0.4) is 0 Å². The third kappa shape index (κ3) is 3.27. The lowest BCUT2D eigenvalue weighted by Gasteiger charge is -2.17. The molecule has 4 nitrogen and oxygen atoms in total. The second-order valence-electron chi connectivity index (χ2n) is 5.43. The van der Waals surface area contributed by atoms with Gasteiger partial charge in [0.25, 0.3) is 5.91 Å². The maximum Gasteiger partial charge on any atom is 0.265 e. The number of carbonyl (C=O) groups excluding carboxylic acids is 2. The zero-order valence-electron chi connectivity index (χ0n) is 13.2. The van der Waals surface area contributed by atoms with E-state index in [1.54, 1.807) is 25.1 Å². The van der Waals surface area contributed by atoms with Crippen molar-refractivity contribution in [2.45, 2.75) is 13.0 Å². The molecule has 1 N–H and O–H groups in total. The summed E-state index contributed by atoms with van der Waals surface area (Å²) in [7, 11) is 0. The van der Waals surface area contributed by atoms with Gasteiger partial charge in [-0.3, -0.25) is 9.59 Å². The number of anilines is 1. The lowest BCUT2D eigenvalue weighted by Crippen LogP contribution is -2.30. The summed E-state index contributed by atoms with van der Waals surface area (Å²) in [6, 6.07) is 20.3. The van der Waals surface area contributed by atoms with Gasteiger partial charge in [-0.1, -0.05) is 48.5 Å². The van der Waals surface area contributed by atoms with Crippen molar-refractivity contribution in [2.75, 3.05) is 5.32 Å². The van der Waals surface area contributed by atoms with Gasteiger partial charge < -0.3 is 10.1 Å². The molecule has 0 spiro atoms. The molecule has 4 heteroatoms. The Morgan fingerprint density at radius 1 is 1.00 bits per heavy atom. The minimum Gasteiger partial charge on any atom is -0.480 e. The van der Waals surface area contributed by atoms with Crippen molar-refractivity contribution >= 4 is 28.7 Å². The van der Waals surface area contributed by atoms with Gasteiger partial charge in [-0.25, -0.2) is 0 Å². The Balaban J connectivity index is 1.81. The molecule has 0 aromatic heterocycles. The fraction of sp³-hybridized carbons (Fsp3) is 0.100. The van der Waals surface area contributed by atoms with Gasteiger partial charge in [-0.15, -0.1) is 0 Å². The zero-order chi connectivity index (χ0) is 16.9. The number of nitrogens with one attached hydrogen (secondary N) is 1. The number of hydrogen-bond acceptors (Lipinski definition) is 3. The predicted molar refractivity (Wildman–Crippen MR) is 94.5 cm³/mol. The first kappa shape index (κ1) is 15.7. The van der Waals surface area contributed by atoms with Gasteiger partial charge >= 0.3 is 0 Å². The van der Waals surface area contributed by atoms with Gasteiger partial charge in [0.05, 0.1) is 5.56 Å². The van der Waals surface area contributed by atoms with E-state index in [1.165, 1.54) is 0 Å². The van der Waals surface area contributed by atoms with Crippen molar-refractivity contribution < 1.29 is 14.3 Å². The first-order chi connectivity index (χ1) is 11.7. The van der Waals surface area contributed by atoms with Crippen molar-refractivity contribution in [3.63, 3.8) is 0 Å². The third-order valence-electron chi connectivity index (χ3n) is 3.76. The molecule has 0 fully saturated rings. The largest absolute Gasteiger partial charge is 0.480 e. The van der Waals surface area contributed by atoms with Crippen LogP contribution in [0, 0.1) is 0 Å². The average Bonchev–Trinajstić information content (AvgIpc) is 2.62. The summed E-state index contributed by atoms with van der Waals surface area (Å²) in [6.07, 6.45) is 0.0320. The van der Waals surface area contributed by atoms with Gasteiger partial charge in [-0.2, -0.15) is 0 Å². The summed E-state index contributed by atoms with van der Waals surface area (Å²) in [5.74, 6) is 0.130. The monoisotopic (exact) mass is 319 g/mol. The maximum atomic E-state index is 12.3. The van der Waals surface area contributed by atoms with Crippen LogP contribution in [0.2, 0.25) is 0 Å². The summed E-state index contributed by atoms with van der Waals surface area (Å²) in [5, 5.41) is 4.54. The van der Waals surface area contributed by atoms with Crippen LogP contribution in [0.25, 0.3) is 10.8 Å². The molecule has 1 atom stereocenters. The molecule has 0 saturated heterocycles. The van der Waals surface area contributed by atoms with E-state index in [1.807, 2.05) is 48.5 Å². The molecular weight excluding hydrogens is 302 g/mol. The molecular formula is C20H17NO3. The van der Waals surface area contributed by atoms with Crippen LogP contribution >= 0.6 is 0 Å². The molecule has 0 heterocycles. The zero-order valence-corrected chi connectivity index (χ0v) is 13.2. The van der Waals surface area contributed by atoms with Crippen LogP contribution in [-0.4, -0.2) is 18.3 Å². The molecule has 120 valence electrons. The molecule has 3 rings (SSSR count). The van der Waals surface area contributed by atoms with Crippen molar-refractivity contribution in [3.05, 3.63) is 72.3 Å². The van der Waals surface area contributed by atoms with E-state index < -0.39 is 6.10 Å². The van der Waals surface area contributed by atoms with Crippen molar-refractivity contribution in [3.8, 4) is 5.75 Å². The Bertz CT molecular complexity index is 874. The second-order valence-corrected chi connectivity index (χ2v) is 5.43. The van der Waals surface area contributed by atoms with E-state index in [0.717, 1.165) is 17.1 Å². The third-order valence-corrected chi connectivity index (χ3v) is 3.76. The quantitative estimate of drug-likeness (QED) is 0.722. The fourth-order valence-corrected chi connectivity index (χ4v) is 2.51. The number of benzene rings is 3. The van der Waals surface area contributed by atoms with E-state index in [0.29, 0.717) is 17.0 Å². The number of rotatable bonds is 5. The molecule has 0 aliphatic rings. The van der Waals surface area contributed by atoms with Crippen molar-refractivity contribution in [1.29, 1.82) is 0 Å². The number of carbonyl (C=O) groups is 2. The molecule has 3 aromatic carbocycles. The first-order valence-electron chi connectivity index (χ1n) is 7.68. The molecule has 0 bridgehead atoms. The molecule has 0 saturated carbocycles. The molecule has 0 unspecified atom stereocenters. The standard InChI is InChI=1S/C20H17NO3/c1-14(20(23)21-16-8-3-2-4-9-16)24-19-12-11-15-7-5-6-10-17(15)18(19)13-22/h2-14H,1H3,(H,21,23)/t14-/m0/s1. The Hall–Kier alpha value is -3.14.